The highest BCUT2D eigenvalue weighted by Crippen LogP contribution is 2.31. The van der Waals surface area contributed by atoms with Crippen LogP contribution in [0.2, 0.25) is 5.02 Å². The smallest absolute Gasteiger partial charge is 0.345 e. The molecule has 0 fully saturated rings. The maximum absolute atomic E-state index is 11.5. The molecule has 0 bridgehead atoms. The molecule has 0 aliphatic heterocycles. The molecule has 0 aliphatic rings. The Hall–Kier alpha value is -2.25. The Balaban J connectivity index is 2.13. The predicted molar refractivity (Wildman–Crippen MR) is 75.6 cm³/mol. The van der Waals surface area contributed by atoms with Gasteiger partial charge >= 0.3 is 5.97 Å². The van der Waals surface area contributed by atoms with E-state index in [4.69, 9.17) is 26.3 Å². The molecule has 2 aromatic carbocycles. The summed E-state index contributed by atoms with van der Waals surface area (Å²) in [5, 5.41) is 10.8. The normalized spacial score (nSPS) is 11.7. The highest BCUT2D eigenvalue weighted by atomic mass is 35.5. The van der Waals surface area contributed by atoms with Gasteiger partial charge in [-0.25, -0.2) is 4.79 Å². The van der Waals surface area contributed by atoms with Gasteiger partial charge in [0.05, 0.1) is 0 Å². The van der Waals surface area contributed by atoms with E-state index in [0.717, 1.165) is 10.8 Å². The molecule has 20 heavy (non-hydrogen) atoms. The summed E-state index contributed by atoms with van der Waals surface area (Å²) < 4.78 is 10.2. The number of benzene rings is 2. The van der Waals surface area contributed by atoms with Crippen molar-refractivity contribution in [3.8, 4) is 11.8 Å². The van der Waals surface area contributed by atoms with Crippen LogP contribution >= 0.6 is 11.6 Å². The molecule has 2 aromatic rings. The van der Waals surface area contributed by atoms with Gasteiger partial charge in [-0.05, 0) is 19.1 Å². The van der Waals surface area contributed by atoms with Crippen molar-refractivity contribution in [2.24, 2.45) is 0 Å². The maximum atomic E-state index is 11.5. The number of ether oxygens (including phenoxy) is 2. The molecule has 2 rings (SSSR count). The van der Waals surface area contributed by atoms with Gasteiger partial charge in [0, 0.05) is 15.8 Å². The molecule has 0 unspecified atom stereocenters. The molecule has 0 saturated carbocycles. The van der Waals surface area contributed by atoms with E-state index < -0.39 is 12.1 Å². The number of nitriles is 1. The van der Waals surface area contributed by atoms with Crippen molar-refractivity contribution in [1.29, 1.82) is 5.26 Å². The first-order chi connectivity index (χ1) is 9.61. The molecule has 0 aromatic heterocycles. The van der Waals surface area contributed by atoms with E-state index in [0.29, 0.717) is 10.8 Å². The molecule has 0 aliphatic carbocycles. The van der Waals surface area contributed by atoms with E-state index in [-0.39, 0.29) is 6.61 Å². The summed E-state index contributed by atoms with van der Waals surface area (Å²) in [4.78, 5) is 11.5. The molecule has 0 amide bonds. The second-order valence-electron chi connectivity index (χ2n) is 4.14. The van der Waals surface area contributed by atoms with Crippen molar-refractivity contribution in [2.75, 3.05) is 6.61 Å². The molecular weight excluding hydrogens is 278 g/mol. The Morgan fingerprint density at radius 1 is 1.30 bits per heavy atom. The highest BCUT2D eigenvalue weighted by molar-refractivity contribution is 6.35. The standard InChI is InChI=1S/C15H12ClNO3/c1-10(8-17)20-15(18)9-19-14-7-6-13(16)11-4-2-3-5-12(11)14/h2-7,10H,9H2,1H3/t10-/m0/s1. The summed E-state index contributed by atoms with van der Waals surface area (Å²) >= 11 is 6.10. The van der Waals surface area contributed by atoms with Crippen molar-refractivity contribution in [1.82, 2.24) is 0 Å². The zero-order chi connectivity index (χ0) is 14.5. The molecule has 0 heterocycles. The van der Waals surface area contributed by atoms with Crippen LogP contribution in [0.5, 0.6) is 5.75 Å². The molecule has 0 saturated heterocycles. The van der Waals surface area contributed by atoms with Gasteiger partial charge in [-0.2, -0.15) is 5.26 Å². The number of nitrogens with zero attached hydrogens (tertiary/aromatic N) is 1. The van der Waals surface area contributed by atoms with Gasteiger partial charge in [-0.1, -0.05) is 35.9 Å². The van der Waals surface area contributed by atoms with Crippen LogP contribution in [-0.4, -0.2) is 18.7 Å². The SMILES string of the molecule is C[C@@H](C#N)OC(=O)COc1ccc(Cl)c2ccccc12. The lowest BCUT2D eigenvalue weighted by molar-refractivity contribution is -0.148. The molecule has 5 heteroatoms. The minimum Gasteiger partial charge on any atom is -0.481 e. The van der Waals surface area contributed by atoms with Crippen molar-refractivity contribution in [2.45, 2.75) is 13.0 Å². The fourth-order valence-electron chi connectivity index (χ4n) is 1.75. The fourth-order valence-corrected chi connectivity index (χ4v) is 1.98. The van der Waals surface area contributed by atoms with Crippen molar-refractivity contribution in [3.05, 3.63) is 41.4 Å². The van der Waals surface area contributed by atoms with Crippen LogP contribution in [0.4, 0.5) is 0 Å². The zero-order valence-corrected chi connectivity index (χ0v) is 11.6. The van der Waals surface area contributed by atoms with Gasteiger partial charge in [0.15, 0.2) is 12.7 Å². The summed E-state index contributed by atoms with van der Waals surface area (Å²) in [5.41, 5.74) is 0. The molecule has 4 nitrogen and oxygen atoms in total. The van der Waals surface area contributed by atoms with Gasteiger partial charge in [0.25, 0.3) is 0 Å². The summed E-state index contributed by atoms with van der Waals surface area (Å²) in [6, 6.07) is 12.7. The quantitative estimate of drug-likeness (QED) is 0.810. The second-order valence-corrected chi connectivity index (χ2v) is 4.55. The van der Waals surface area contributed by atoms with Crippen molar-refractivity contribution >= 4 is 28.3 Å². The predicted octanol–water partition coefficient (Wildman–Crippen LogP) is 3.33. The van der Waals surface area contributed by atoms with E-state index >= 15 is 0 Å². The minimum absolute atomic E-state index is 0.252. The Labute approximate surface area is 121 Å². The van der Waals surface area contributed by atoms with E-state index in [1.54, 1.807) is 12.1 Å². The first kappa shape index (κ1) is 14.2. The van der Waals surface area contributed by atoms with Crippen LogP contribution in [0.15, 0.2) is 36.4 Å². The average molecular weight is 290 g/mol. The number of fused-ring (bicyclic) bond motifs is 1. The van der Waals surface area contributed by atoms with Crippen LogP contribution in [0.3, 0.4) is 0 Å². The molecular formula is C15H12ClNO3. The van der Waals surface area contributed by atoms with E-state index in [9.17, 15) is 4.79 Å². The van der Waals surface area contributed by atoms with Crippen LogP contribution in [-0.2, 0) is 9.53 Å². The number of hydrogen-bond acceptors (Lipinski definition) is 4. The summed E-state index contributed by atoms with van der Waals surface area (Å²) in [7, 11) is 0. The maximum Gasteiger partial charge on any atom is 0.345 e. The van der Waals surface area contributed by atoms with Crippen molar-refractivity contribution in [3.63, 3.8) is 0 Å². The van der Waals surface area contributed by atoms with E-state index in [1.807, 2.05) is 30.3 Å². The number of carbonyl (C=O) groups is 1. The largest absolute Gasteiger partial charge is 0.481 e. The Bertz CT molecular complexity index is 678. The third-order valence-electron chi connectivity index (χ3n) is 2.67. The zero-order valence-electron chi connectivity index (χ0n) is 10.8. The Morgan fingerprint density at radius 2 is 2.00 bits per heavy atom. The highest BCUT2D eigenvalue weighted by Gasteiger charge is 2.11. The molecule has 0 N–H and O–H groups in total. The summed E-state index contributed by atoms with van der Waals surface area (Å²) in [6.45, 7) is 1.24. The second kappa shape index (κ2) is 6.27. The topological polar surface area (TPSA) is 59.3 Å². The number of rotatable bonds is 4. The van der Waals surface area contributed by atoms with E-state index in [2.05, 4.69) is 0 Å². The number of esters is 1. The molecule has 0 spiro atoms. The average Bonchev–Trinajstić information content (AvgIpc) is 2.46. The van der Waals surface area contributed by atoms with Gasteiger partial charge in [0.1, 0.15) is 11.8 Å². The minimum atomic E-state index is -0.784. The first-order valence-corrected chi connectivity index (χ1v) is 6.38. The van der Waals surface area contributed by atoms with E-state index in [1.165, 1.54) is 6.92 Å². The van der Waals surface area contributed by atoms with Gasteiger partial charge in [-0.15, -0.1) is 0 Å². The third-order valence-corrected chi connectivity index (χ3v) is 3.00. The van der Waals surface area contributed by atoms with Gasteiger partial charge in [-0.3, -0.25) is 0 Å². The molecule has 102 valence electrons. The van der Waals surface area contributed by atoms with Crippen LogP contribution < -0.4 is 4.74 Å². The van der Waals surface area contributed by atoms with Crippen molar-refractivity contribution < 1.29 is 14.3 Å². The lowest BCUT2D eigenvalue weighted by Gasteiger charge is -2.10. The Kier molecular flexibility index (Phi) is 4.44. The van der Waals surface area contributed by atoms with Gasteiger partial charge < -0.3 is 9.47 Å². The molecule has 0 radical (unpaired) electrons. The van der Waals surface area contributed by atoms with Crippen LogP contribution in [0, 0.1) is 11.3 Å². The first-order valence-electron chi connectivity index (χ1n) is 6.01. The Morgan fingerprint density at radius 3 is 2.70 bits per heavy atom. The number of hydrogen-bond donors (Lipinski definition) is 0. The summed E-state index contributed by atoms with van der Waals surface area (Å²) in [6.07, 6.45) is -0.784. The third kappa shape index (κ3) is 3.19. The van der Waals surface area contributed by atoms with Gasteiger partial charge in [0.2, 0.25) is 0 Å². The lowest BCUT2D eigenvalue weighted by Crippen LogP contribution is -2.19. The summed E-state index contributed by atoms with van der Waals surface area (Å²) in [5.74, 6) is -0.0374. The number of carbonyl (C=O) groups excluding carboxylic acids is 1. The molecule has 1 atom stereocenters. The fraction of sp³-hybridized carbons (Fsp3) is 0.200. The lowest BCUT2D eigenvalue weighted by atomic mass is 10.1. The van der Waals surface area contributed by atoms with Crippen LogP contribution in [0.1, 0.15) is 6.92 Å². The van der Waals surface area contributed by atoms with Crippen LogP contribution in [0.25, 0.3) is 10.8 Å². The number of halogens is 1. The monoisotopic (exact) mass is 289 g/mol.